The fourth-order valence-electron chi connectivity index (χ4n) is 3.97. The molecule has 5 nitrogen and oxygen atoms in total. The quantitative estimate of drug-likeness (QED) is 0.700. The lowest BCUT2D eigenvalue weighted by Gasteiger charge is -2.33. The summed E-state index contributed by atoms with van der Waals surface area (Å²) in [6.07, 6.45) is 4.86. The van der Waals surface area contributed by atoms with Gasteiger partial charge in [-0.25, -0.2) is 4.98 Å². The molecule has 0 saturated heterocycles. The Balaban J connectivity index is 2.06. The molecule has 146 valence electrons. The summed E-state index contributed by atoms with van der Waals surface area (Å²) < 4.78 is 6.99. The molecule has 0 spiro atoms. The van der Waals surface area contributed by atoms with E-state index in [9.17, 15) is 4.79 Å². The van der Waals surface area contributed by atoms with Crippen LogP contribution in [0.4, 0.5) is 0 Å². The van der Waals surface area contributed by atoms with Gasteiger partial charge in [-0.3, -0.25) is 9.36 Å². The molecule has 27 heavy (non-hydrogen) atoms. The highest BCUT2D eigenvalue weighted by Crippen LogP contribution is 2.42. The number of aryl methyl sites for hydroxylation is 1. The van der Waals surface area contributed by atoms with Crippen molar-refractivity contribution >= 4 is 21.6 Å². The van der Waals surface area contributed by atoms with Gasteiger partial charge in [-0.1, -0.05) is 20.8 Å². The van der Waals surface area contributed by atoms with Crippen molar-refractivity contribution in [1.29, 1.82) is 5.26 Å². The van der Waals surface area contributed by atoms with E-state index < -0.39 is 0 Å². The van der Waals surface area contributed by atoms with Crippen LogP contribution in [0.2, 0.25) is 0 Å². The monoisotopic (exact) mass is 387 g/mol. The number of ether oxygens (including phenoxy) is 1. The molecule has 6 heteroatoms. The van der Waals surface area contributed by atoms with Crippen LogP contribution >= 0.6 is 11.3 Å². The molecule has 3 rings (SSSR count). The summed E-state index contributed by atoms with van der Waals surface area (Å²) in [4.78, 5) is 20.4. The number of rotatable bonds is 6. The molecule has 1 unspecified atom stereocenters. The summed E-state index contributed by atoms with van der Waals surface area (Å²) >= 11 is 1.70. The molecular weight excluding hydrogens is 358 g/mol. The molecule has 2 aromatic heterocycles. The van der Waals surface area contributed by atoms with Gasteiger partial charge in [0, 0.05) is 31.4 Å². The standard InChI is InChI=1S/C21H29N3O2S/c1-21(2,3)14-7-8-15-16(13-14)27-19-18(15)20(25)24(11-6-5-10-22)17(23-19)9-12-26-4/h14H,5-9,11-13H2,1-4H3. The second kappa shape index (κ2) is 8.12. The minimum absolute atomic E-state index is 0.0655. The van der Waals surface area contributed by atoms with Crippen molar-refractivity contribution in [3.8, 4) is 6.07 Å². The zero-order valence-electron chi connectivity index (χ0n) is 16.8. The predicted molar refractivity (Wildman–Crippen MR) is 109 cm³/mol. The third-order valence-corrected chi connectivity index (χ3v) is 6.82. The van der Waals surface area contributed by atoms with Crippen LogP contribution in [0.25, 0.3) is 10.2 Å². The first-order chi connectivity index (χ1) is 12.9. The van der Waals surface area contributed by atoms with Crippen molar-refractivity contribution in [3.63, 3.8) is 0 Å². The number of aromatic nitrogens is 2. The normalized spacial score (nSPS) is 17.1. The van der Waals surface area contributed by atoms with Gasteiger partial charge in [0.25, 0.3) is 5.56 Å². The van der Waals surface area contributed by atoms with E-state index in [0.29, 0.717) is 38.3 Å². The summed E-state index contributed by atoms with van der Waals surface area (Å²) in [7, 11) is 1.66. The van der Waals surface area contributed by atoms with Crippen LogP contribution in [0.3, 0.4) is 0 Å². The smallest absolute Gasteiger partial charge is 0.262 e. The highest BCUT2D eigenvalue weighted by molar-refractivity contribution is 7.18. The minimum atomic E-state index is 0.0655. The molecule has 1 aliphatic rings. The molecule has 0 bridgehead atoms. The van der Waals surface area contributed by atoms with Gasteiger partial charge in [-0.2, -0.15) is 5.26 Å². The van der Waals surface area contributed by atoms with Crippen LogP contribution in [-0.4, -0.2) is 23.3 Å². The zero-order chi connectivity index (χ0) is 19.6. The van der Waals surface area contributed by atoms with Gasteiger partial charge in [-0.15, -0.1) is 11.3 Å². The van der Waals surface area contributed by atoms with Gasteiger partial charge in [0.2, 0.25) is 0 Å². The predicted octanol–water partition coefficient (Wildman–Crippen LogP) is 4.10. The van der Waals surface area contributed by atoms with Crippen molar-refractivity contribution in [1.82, 2.24) is 9.55 Å². The molecule has 0 aliphatic heterocycles. The highest BCUT2D eigenvalue weighted by atomic mass is 32.1. The average molecular weight is 388 g/mol. The second-order valence-electron chi connectivity index (χ2n) is 8.48. The third kappa shape index (κ3) is 4.09. The Morgan fingerprint density at radius 2 is 2.19 bits per heavy atom. The molecular formula is C21H29N3O2S. The van der Waals surface area contributed by atoms with Crippen molar-refractivity contribution in [2.24, 2.45) is 11.3 Å². The van der Waals surface area contributed by atoms with E-state index in [4.69, 9.17) is 15.0 Å². The number of fused-ring (bicyclic) bond motifs is 3. The lowest BCUT2D eigenvalue weighted by molar-refractivity contribution is 0.199. The van der Waals surface area contributed by atoms with Crippen LogP contribution < -0.4 is 5.56 Å². The lowest BCUT2D eigenvalue weighted by Crippen LogP contribution is -2.28. The number of nitrogens with zero attached hydrogens (tertiary/aromatic N) is 3. The summed E-state index contributed by atoms with van der Waals surface area (Å²) in [6, 6.07) is 2.16. The molecule has 0 amide bonds. The lowest BCUT2D eigenvalue weighted by atomic mass is 9.72. The average Bonchev–Trinajstić information content (AvgIpc) is 2.99. The van der Waals surface area contributed by atoms with Gasteiger partial charge in [0.05, 0.1) is 18.1 Å². The number of hydrogen-bond donors (Lipinski definition) is 0. The van der Waals surface area contributed by atoms with E-state index >= 15 is 0 Å². The van der Waals surface area contributed by atoms with E-state index in [1.165, 1.54) is 10.4 Å². The van der Waals surface area contributed by atoms with Gasteiger partial charge in [0.15, 0.2) is 0 Å². The number of unbranched alkanes of at least 4 members (excludes halogenated alkanes) is 1. The van der Waals surface area contributed by atoms with E-state index in [1.54, 1.807) is 23.0 Å². The molecule has 0 saturated carbocycles. The summed E-state index contributed by atoms with van der Waals surface area (Å²) in [5.41, 5.74) is 1.57. The molecule has 2 heterocycles. The molecule has 1 aliphatic carbocycles. The fourth-order valence-corrected chi connectivity index (χ4v) is 5.28. The maximum atomic E-state index is 13.3. The van der Waals surface area contributed by atoms with E-state index in [1.807, 2.05) is 0 Å². The Morgan fingerprint density at radius 3 is 2.85 bits per heavy atom. The molecule has 0 aromatic carbocycles. The van der Waals surface area contributed by atoms with E-state index in [-0.39, 0.29) is 11.0 Å². The first-order valence-electron chi connectivity index (χ1n) is 9.76. The number of nitriles is 1. The van der Waals surface area contributed by atoms with Crippen molar-refractivity contribution in [2.75, 3.05) is 13.7 Å². The minimum Gasteiger partial charge on any atom is -0.384 e. The van der Waals surface area contributed by atoms with E-state index in [2.05, 4.69) is 26.8 Å². The Kier molecular flexibility index (Phi) is 6.02. The van der Waals surface area contributed by atoms with Gasteiger partial charge in [-0.05, 0) is 42.6 Å². The summed E-state index contributed by atoms with van der Waals surface area (Å²) in [5.74, 6) is 1.42. The first kappa shape index (κ1) is 20.0. The number of methoxy groups -OCH3 is 1. The maximum Gasteiger partial charge on any atom is 0.262 e. The van der Waals surface area contributed by atoms with Crippen molar-refractivity contribution < 1.29 is 4.74 Å². The summed E-state index contributed by atoms with van der Waals surface area (Å²) in [6.45, 7) is 7.99. The van der Waals surface area contributed by atoms with Crippen molar-refractivity contribution in [2.45, 2.75) is 65.8 Å². The van der Waals surface area contributed by atoms with E-state index in [0.717, 1.165) is 35.3 Å². The Labute approximate surface area is 165 Å². The maximum absolute atomic E-state index is 13.3. The Morgan fingerprint density at radius 1 is 1.41 bits per heavy atom. The highest BCUT2D eigenvalue weighted by Gasteiger charge is 2.32. The SMILES string of the molecule is COCCc1nc2sc3c(c2c(=O)n1CCCC#N)CCC(C(C)(C)C)C3. The Bertz CT molecular complexity index is 915. The zero-order valence-corrected chi connectivity index (χ0v) is 17.6. The Hall–Kier alpha value is -1.71. The number of hydrogen-bond acceptors (Lipinski definition) is 5. The summed E-state index contributed by atoms with van der Waals surface area (Å²) in [5, 5.41) is 9.66. The second-order valence-corrected chi connectivity index (χ2v) is 9.56. The molecule has 1 atom stereocenters. The van der Waals surface area contributed by atoms with Gasteiger partial charge >= 0.3 is 0 Å². The van der Waals surface area contributed by atoms with Crippen LogP contribution in [0.1, 0.15) is 56.3 Å². The van der Waals surface area contributed by atoms with Crippen LogP contribution in [-0.2, 0) is 30.5 Å². The third-order valence-electron chi connectivity index (χ3n) is 5.67. The van der Waals surface area contributed by atoms with Crippen LogP contribution in [0.15, 0.2) is 4.79 Å². The van der Waals surface area contributed by atoms with Gasteiger partial charge < -0.3 is 4.74 Å². The topological polar surface area (TPSA) is 67.9 Å². The molecule has 0 N–H and O–H groups in total. The molecule has 0 fully saturated rings. The number of thiophene rings is 1. The molecule has 0 radical (unpaired) electrons. The first-order valence-corrected chi connectivity index (χ1v) is 10.6. The van der Waals surface area contributed by atoms with Gasteiger partial charge in [0.1, 0.15) is 10.7 Å². The molecule has 2 aromatic rings. The fraction of sp³-hybridized carbons (Fsp3) is 0.667. The van der Waals surface area contributed by atoms with Crippen LogP contribution in [0, 0.1) is 22.7 Å². The largest absolute Gasteiger partial charge is 0.384 e. The van der Waals surface area contributed by atoms with Crippen molar-refractivity contribution in [3.05, 3.63) is 26.6 Å². The van der Waals surface area contributed by atoms with Crippen LogP contribution in [0.5, 0.6) is 0 Å².